The molecule has 1 aliphatic heterocycles. The molecule has 5 rings (SSSR count). The number of aliphatic hydroxyl groups excluding tert-OH is 1. The third-order valence-corrected chi connectivity index (χ3v) is 9.13. The number of hydrogen-bond donors (Lipinski definition) is 3. The van der Waals surface area contributed by atoms with Crippen molar-refractivity contribution < 1.29 is 44.0 Å². The fourth-order valence-electron chi connectivity index (χ4n) is 5.13. The first-order valence-corrected chi connectivity index (χ1v) is 15.2. The van der Waals surface area contributed by atoms with E-state index in [2.05, 4.69) is 4.98 Å². The van der Waals surface area contributed by atoms with Crippen molar-refractivity contribution in [2.24, 2.45) is 0 Å². The standard InChI is InChI=1S/C32H27NO9Se/c1-2-41-30(38)22-18-43-29(33-22)28-32(40,26(37)21-16-10-5-11-17-21)31(39,25(36)20-14-8-4-9-15-20)27(42-28)24(35)23(34)19-12-6-3-7-13-19/h3-18,24,27-28,35,39-40H,2H2,1H3/t24?,27-,28+,31-,32+/m1/s1. The van der Waals surface area contributed by atoms with E-state index in [1.807, 2.05) is 0 Å². The van der Waals surface area contributed by atoms with E-state index in [4.69, 9.17) is 9.47 Å². The van der Waals surface area contributed by atoms with Gasteiger partial charge in [0.15, 0.2) is 0 Å². The number of ether oxygens (including phenoxy) is 2. The zero-order valence-electron chi connectivity index (χ0n) is 22.8. The van der Waals surface area contributed by atoms with Gasteiger partial charge >= 0.3 is 253 Å². The van der Waals surface area contributed by atoms with Crippen LogP contribution < -0.4 is 0 Å². The Morgan fingerprint density at radius 2 is 1.33 bits per heavy atom. The van der Waals surface area contributed by atoms with E-state index in [0.29, 0.717) is 0 Å². The molecule has 4 aromatic rings. The molecule has 43 heavy (non-hydrogen) atoms. The Balaban J connectivity index is 1.72. The van der Waals surface area contributed by atoms with E-state index in [0.717, 1.165) is 0 Å². The van der Waals surface area contributed by atoms with E-state index in [-0.39, 0.29) is 33.6 Å². The van der Waals surface area contributed by atoms with Gasteiger partial charge in [0.1, 0.15) is 0 Å². The minimum atomic E-state index is -3.19. The van der Waals surface area contributed by atoms with Gasteiger partial charge in [-0.1, -0.05) is 0 Å². The van der Waals surface area contributed by atoms with Gasteiger partial charge in [0, 0.05) is 0 Å². The zero-order valence-corrected chi connectivity index (χ0v) is 24.5. The molecule has 1 unspecified atom stereocenters. The van der Waals surface area contributed by atoms with Crippen LogP contribution in [0.25, 0.3) is 0 Å². The molecule has 0 aliphatic carbocycles. The van der Waals surface area contributed by atoms with Crippen LogP contribution in [0, 0.1) is 0 Å². The van der Waals surface area contributed by atoms with Gasteiger partial charge in [-0.25, -0.2) is 0 Å². The summed E-state index contributed by atoms with van der Waals surface area (Å²) in [4.78, 5) is 60.1. The molecule has 1 aromatic heterocycles. The number of carbonyl (C=O) groups excluding carboxylic acids is 4. The third-order valence-electron chi connectivity index (χ3n) is 7.26. The predicted octanol–water partition coefficient (Wildman–Crippen LogP) is 2.23. The van der Waals surface area contributed by atoms with Crippen molar-refractivity contribution in [3.63, 3.8) is 0 Å². The molecule has 11 heteroatoms. The third kappa shape index (κ3) is 5.21. The van der Waals surface area contributed by atoms with Crippen molar-refractivity contribution in [2.75, 3.05) is 6.61 Å². The van der Waals surface area contributed by atoms with Crippen molar-refractivity contribution in [1.29, 1.82) is 0 Å². The molecule has 0 saturated carbocycles. The average molecular weight is 649 g/mol. The molecule has 1 fully saturated rings. The van der Waals surface area contributed by atoms with E-state index in [9.17, 15) is 34.5 Å². The molecule has 3 N–H and O–H groups in total. The minimum absolute atomic E-state index is 0.0246. The van der Waals surface area contributed by atoms with Crippen LogP contribution in [0.15, 0.2) is 95.9 Å². The Morgan fingerprint density at radius 1 is 0.837 bits per heavy atom. The normalized spacial score (nSPS) is 23.8. The summed E-state index contributed by atoms with van der Waals surface area (Å²) in [5.74, 6) is -3.92. The Labute approximate surface area is 252 Å². The van der Waals surface area contributed by atoms with Gasteiger partial charge in [-0.2, -0.15) is 0 Å². The molecular formula is C32H27NO9Se. The number of esters is 1. The Morgan fingerprint density at radius 3 is 1.84 bits per heavy atom. The number of rotatable bonds is 10. The first-order chi connectivity index (χ1) is 20.6. The Hall–Kier alpha value is -4.09. The van der Waals surface area contributed by atoms with Crippen molar-refractivity contribution in [1.82, 2.24) is 4.98 Å². The summed E-state index contributed by atoms with van der Waals surface area (Å²) in [6, 6.07) is 22.5. The van der Waals surface area contributed by atoms with Gasteiger partial charge in [0.2, 0.25) is 0 Å². The molecule has 0 spiro atoms. The number of nitrogens with zero attached hydrogens (tertiary/aromatic N) is 1. The van der Waals surface area contributed by atoms with Crippen LogP contribution in [0.1, 0.15) is 59.2 Å². The second kappa shape index (κ2) is 12.3. The first-order valence-electron chi connectivity index (χ1n) is 13.3. The molecule has 3 aromatic carbocycles. The molecule has 1 saturated heterocycles. The molecule has 10 nitrogen and oxygen atoms in total. The molecule has 0 radical (unpaired) electrons. The van der Waals surface area contributed by atoms with Crippen molar-refractivity contribution in [2.45, 2.75) is 36.4 Å². The summed E-state index contributed by atoms with van der Waals surface area (Å²) in [6.07, 6.45) is -6.16. The molecule has 220 valence electrons. The van der Waals surface area contributed by atoms with Crippen LogP contribution >= 0.6 is 0 Å². The molecule has 0 amide bonds. The van der Waals surface area contributed by atoms with Crippen molar-refractivity contribution in [3.05, 3.63) is 123 Å². The number of carbonyl (C=O) groups is 4. The van der Waals surface area contributed by atoms with Crippen molar-refractivity contribution >= 4 is 37.8 Å². The van der Waals surface area contributed by atoms with Gasteiger partial charge in [-0.05, 0) is 0 Å². The van der Waals surface area contributed by atoms with Crippen LogP contribution in [0.2, 0.25) is 0 Å². The maximum absolute atomic E-state index is 14.2. The first kappa shape index (κ1) is 30.4. The Bertz CT molecular complexity index is 1640. The number of hydrogen-bond acceptors (Lipinski definition) is 10. The fraction of sp³-hybridized carbons (Fsp3) is 0.219. The van der Waals surface area contributed by atoms with Crippen molar-refractivity contribution in [3.8, 4) is 0 Å². The summed E-state index contributed by atoms with van der Waals surface area (Å²) in [5, 5.41) is 36.4. The topological polar surface area (TPSA) is 160 Å². The van der Waals surface area contributed by atoms with Crippen LogP contribution in [-0.4, -0.2) is 88.1 Å². The SMILES string of the molecule is CCOC(=O)c1c[se]c([C@@H]2O[C@H](C(O)C(=O)c3ccccc3)[C@](O)(C(=O)c3ccccc3)[C@]2(O)C(=O)c2ccccc2)n1. The van der Waals surface area contributed by atoms with Crippen LogP contribution in [0.4, 0.5) is 0 Å². The zero-order chi connectivity index (χ0) is 30.8. The van der Waals surface area contributed by atoms with Gasteiger partial charge < -0.3 is 0 Å². The summed E-state index contributed by atoms with van der Waals surface area (Å²) < 4.78 is 11.0. The number of benzene rings is 3. The molecule has 5 atom stereocenters. The van der Waals surface area contributed by atoms with Gasteiger partial charge in [0.25, 0.3) is 0 Å². The number of ketones is 3. The number of Topliss-reactive ketones (excluding diaryl/α,β-unsaturated/α-hetero) is 3. The summed E-state index contributed by atoms with van der Waals surface area (Å²) >= 11 is -0.808. The van der Waals surface area contributed by atoms with Crippen LogP contribution in [0.3, 0.4) is 0 Å². The predicted molar refractivity (Wildman–Crippen MR) is 153 cm³/mol. The molecular weight excluding hydrogens is 621 g/mol. The van der Waals surface area contributed by atoms with Crippen LogP contribution in [-0.2, 0) is 9.47 Å². The van der Waals surface area contributed by atoms with E-state index < -0.39 is 67.3 Å². The summed E-state index contributed by atoms with van der Waals surface area (Å²) in [7, 11) is 0. The summed E-state index contributed by atoms with van der Waals surface area (Å²) in [6.45, 7) is 1.69. The van der Waals surface area contributed by atoms with Gasteiger partial charge in [0.05, 0.1) is 0 Å². The maximum atomic E-state index is 14.2. The fourth-order valence-corrected chi connectivity index (χ4v) is 6.98. The summed E-state index contributed by atoms with van der Waals surface area (Å²) in [5.41, 5.74) is -6.53. The second-order valence-electron chi connectivity index (χ2n) is 9.83. The van der Waals surface area contributed by atoms with E-state index in [1.54, 1.807) is 37.3 Å². The molecule has 2 heterocycles. The Kier molecular flexibility index (Phi) is 8.66. The number of aromatic nitrogens is 1. The van der Waals surface area contributed by atoms with Gasteiger partial charge in [-0.3, -0.25) is 0 Å². The quantitative estimate of drug-likeness (QED) is 0.132. The van der Waals surface area contributed by atoms with E-state index >= 15 is 0 Å². The van der Waals surface area contributed by atoms with Gasteiger partial charge in [-0.15, -0.1) is 0 Å². The molecule has 1 aliphatic rings. The van der Waals surface area contributed by atoms with E-state index in [1.165, 1.54) is 65.6 Å². The van der Waals surface area contributed by atoms with Crippen LogP contribution in [0.5, 0.6) is 0 Å². The monoisotopic (exact) mass is 649 g/mol. The number of aliphatic hydroxyl groups is 3. The molecule has 0 bridgehead atoms. The average Bonchev–Trinajstić information content (AvgIpc) is 3.63. The second-order valence-corrected chi connectivity index (χ2v) is 11.7.